The van der Waals surface area contributed by atoms with Gasteiger partial charge in [0, 0.05) is 6.20 Å². The number of anilines is 1. The molecule has 0 aliphatic rings. The molecule has 0 saturated heterocycles. The summed E-state index contributed by atoms with van der Waals surface area (Å²) in [6, 6.07) is 5.47. The number of hydrogen-bond donors (Lipinski definition) is 1. The first-order chi connectivity index (χ1) is 8.15. The fraction of sp³-hybridized carbons (Fsp3) is 0.0909. The van der Waals surface area contributed by atoms with Gasteiger partial charge in [-0.1, -0.05) is 11.6 Å². The summed E-state index contributed by atoms with van der Waals surface area (Å²) in [6.45, 7) is 0.121. The van der Waals surface area contributed by atoms with E-state index in [4.69, 9.17) is 22.1 Å². The molecule has 88 valence electrons. The summed E-state index contributed by atoms with van der Waals surface area (Å²) < 4.78 is 18.1. The Kier molecular flexibility index (Phi) is 3.39. The maximum Gasteiger partial charge on any atom is 0.168 e. The first-order valence-electron chi connectivity index (χ1n) is 4.80. The lowest BCUT2D eigenvalue weighted by atomic mass is 10.3. The average molecular weight is 254 g/mol. The molecule has 0 radical (unpaired) electrons. The van der Waals surface area contributed by atoms with Crippen LogP contribution >= 0.6 is 11.6 Å². The molecule has 2 N–H and O–H groups in total. The molecule has 0 aliphatic heterocycles. The van der Waals surface area contributed by atoms with Gasteiger partial charge in [0.1, 0.15) is 24.0 Å². The van der Waals surface area contributed by atoms with Crippen molar-refractivity contribution in [2.24, 2.45) is 0 Å². The van der Waals surface area contributed by atoms with Gasteiger partial charge in [-0.05, 0) is 24.3 Å². The summed E-state index contributed by atoms with van der Waals surface area (Å²) in [6.07, 6.45) is 1.54. The van der Waals surface area contributed by atoms with Crippen LogP contribution in [0.15, 0.2) is 30.5 Å². The lowest BCUT2D eigenvalue weighted by Crippen LogP contribution is -2.03. The maximum atomic E-state index is 12.8. The number of nitrogen functional groups attached to an aromatic ring is 1. The summed E-state index contributed by atoms with van der Waals surface area (Å²) in [4.78, 5) is 7.93. The molecule has 0 spiro atoms. The molecule has 0 fully saturated rings. The zero-order valence-electron chi connectivity index (χ0n) is 8.73. The van der Waals surface area contributed by atoms with E-state index in [9.17, 15) is 4.39 Å². The van der Waals surface area contributed by atoms with Crippen LogP contribution in [0.5, 0.6) is 5.75 Å². The third-order valence-electron chi connectivity index (χ3n) is 1.98. The van der Waals surface area contributed by atoms with Gasteiger partial charge in [0.2, 0.25) is 0 Å². The van der Waals surface area contributed by atoms with Crippen LogP contribution in [0.4, 0.5) is 10.2 Å². The lowest BCUT2D eigenvalue weighted by molar-refractivity contribution is 0.296. The minimum Gasteiger partial charge on any atom is -0.484 e. The molecular weight excluding hydrogens is 245 g/mol. The van der Waals surface area contributed by atoms with Crippen LogP contribution in [0.2, 0.25) is 5.02 Å². The maximum absolute atomic E-state index is 12.8. The topological polar surface area (TPSA) is 61.0 Å². The van der Waals surface area contributed by atoms with E-state index in [1.807, 2.05) is 0 Å². The third-order valence-corrected chi connectivity index (χ3v) is 2.27. The Morgan fingerprint density at radius 3 is 2.88 bits per heavy atom. The van der Waals surface area contributed by atoms with Crippen molar-refractivity contribution in [3.63, 3.8) is 0 Å². The quantitative estimate of drug-likeness (QED) is 0.913. The zero-order valence-corrected chi connectivity index (χ0v) is 9.49. The van der Waals surface area contributed by atoms with Crippen LogP contribution in [-0.2, 0) is 6.61 Å². The van der Waals surface area contributed by atoms with Gasteiger partial charge in [0.05, 0.1) is 5.02 Å². The van der Waals surface area contributed by atoms with E-state index in [0.717, 1.165) is 0 Å². The highest BCUT2D eigenvalue weighted by molar-refractivity contribution is 6.32. The molecule has 6 heteroatoms. The second-order valence-corrected chi connectivity index (χ2v) is 3.67. The summed E-state index contributed by atoms with van der Waals surface area (Å²) in [5.74, 6) is 0.760. The van der Waals surface area contributed by atoms with E-state index < -0.39 is 5.82 Å². The van der Waals surface area contributed by atoms with Crippen LogP contribution < -0.4 is 10.5 Å². The van der Waals surface area contributed by atoms with Gasteiger partial charge in [-0.15, -0.1) is 0 Å². The second-order valence-electron chi connectivity index (χ2n) is 3.26. The summed E-state index contributed by atoms with van der Waals surface area (Å²) >= 11 is 5.80. The Morgan fingerprint density at radius 1 is 1.35 bits per heavy atom. The highest BCUT2D eigenvalue weighted by atomic mass is 35.5. The molecule has 2 aromatic rings. The predicted octanol–water partition coefficient (Wildman–Crippen LogP) is 2.43. The van der Waals surface area contributed by atoms with E-state index in [1.54, 1.807) is 6.07 Å². The summed E-state index contributed by atoms with van der Waals surface area (Å²) in [5, 5.41) is 0.203. The molecule has 0 aliphatic carbocycles. The van der Waals surface area contributed by atoms with Crippen molar-refractivity contribution < 1.29 is 9.13 Å². The zero-order chi connectivity index (χ0) is 12.3. The van der Waals surface area contributed by atoms with E-state index in [1.165, 1.54) is 24.4 Å². The van der Waals surface area contributed by atoms with Gasteiger partial charge in [-0.3, -0.25) is 0 Å². The highest BCUT2D eigenvalue weighted by Gasteiger charge is 2.04. The molecule has 0 unspecified atom stereocenters. The number of aromatic nitrogens is 2. The fourth-order valence-electron chi connectivity index (χ4n) is 1.22. The van der Waals surface area contributed by atoms with E-state index in [0.29, 0.717) is 17.4 Å². The molecule has 1 aromatic carbocycles. The number of rotatable bonds is 3. The Morgan fingerprint density at radius 2 is 2.18 bits per heavy atom. The van der Waals surface area contributed by atoms with Crippen molar-refractivity contribution in [1.82, 2.24) is 9.97 Å². The van der Waals surface area contributed by atoms with Crippen LogP contribution in [0.25, 0.3) is 0 Å². The first kappa shape index (κ1) is 11.6. The van der Waals surface area contributed by atoms with Gasteiger partial charge in [0.15, 0.2) is 5.82 Å². The fourth-order valence-corrected chi connectivity index (χ4v) is 1.44. The average Bonchev–Trinajstić information content (AvgIpc) is 2.28. The van der Waals surface area contributed by atoms with Gasteiger partial charge in [-0.2, -0.15) is 0 Å². The molecule has 0 amide bonds. The second kappa shape index (κ2) is 4.97. The molecular formula is C11H9ClFN3O. The number of nitrogens with zero attached hydrogens (tertiary/aromatic N) is 2. The van der Waals surface area contributed by atoms with Gasteiger partial charge >= 0.3 is 0 Å². The van der Waals surface area contributed by atoms with Crippen LogP contribution in [0.3, 0.4) is 0 Å². The smallest absolute Gasteiger partial charge is 0.168 e. The van der Waals surface area contributed by atoms with E-state index >= 15 is 0 Å². The Labute approximate surface area is 102 Å². The Balaban J connectivity index is 2.07. The van der Waals surface area contributed by atoms with Crippen molar-refractivity contribution in [2.75, 3.05) is 5.73 Å². The molecule has 0 atom stereocenters. The lowest BCUT2D eigenvalue weighted by Gasteiger charge is -2.07. The standard InChI is InChI=1S/C11H9ClFN3O/c12-8-5-7(13)1-2-9(8)17-6-11-15-4-3-10(14)16-11/h1-5H,6H2,(H2,14,15,16). The van der Waals surface area contributed by atoms with Crippen molar-refractivity contribution in [1.29, 1.82) is 0 Å². The van der Waals surface area contributed by atoms with Crippen LogP contribution in [0, 0.1) is 5.82 Å². The Bertz CT molecular complexity index is 536. The van der Waals surface area contributed by atoms with Gasteiger partial charge in [-0.25, -0.2) is 14.4 Å². The van der Waals surface area contributed by atoms with Crippen LogP contribution in [-0.4, -0.2) is 9.97 Å². The van der Waals surface area contributed by atoms with Gasteiger partial charge in [0.25, 0.3) is 0 Å². The highest BCUT2D eigenvalue weighted by Crippen LogP contribution is 2.25. The predicted molar refractivity (Wildman–Crippen MR) is 62.2 cm³/mol. The molecule has 17 heavy (non-hydrogen) atoms. The summed E-state index contributed by atoms with van der Waals surface area (Å²) in [7, 11) is 0. The largest absolute Gasteiger partial charge is 0.484 e. The van der Waals surface area contributed by atoms with E-state index in [2.05, 4.69) is 9.97 Å². The number of nitrogens with two attached hydrogens (primary N) is 1. The molecule has 0 saturated carbocycles. The molecule has 1 aromatic heterocycles. The number of hydrogen-bond acceptors (Lipinski definition) is 4. The number of ether oxygens (including phenoxy) is 1. The molecule has 0 bridgehead atoms. The van der Waals surface area contributed by atoms with Crippen molar-refractivity contribution in [3.8, 4) is 5.75 Å². The summed E-state index contributed by atoms with van der Waals surface area (Å²) in [5.41, 5.74) is 5.50. The molecule has 1 heterocycles. The minimum absolute atomic E-state index is 0.121. The third kappa shape index (κ3) is 3.04. The number of halogens is 2. The van der Waals surface area contributed by atoms with Crippen molar-refractivity contribution in [2.45, 2.75) is 6.61 Å². The van der Waals surface area contributed by atoms with E-state index in [-0.39, 0.29) is 11.6 Å². The first-order valence-corrected chi connectivity index (χ1v) is 5.18. The van der Waals surface area contributed by atoms with Crippen molar-refractivity contribution >= 4 is 17.4 Å². The normalized spacial score (nSPS) is 10.2. The van der Waals surface area contributed by atoms with Gasteiger partial charge < -0.3 is 10.5 Å². The van der Waals surface area contributed by atoms with Crippen molar-refractivity contribution in [3.05, 3.63) is 47.1 Å². The van der Waals surface area contributed by atoms with Crippen LogP contribution in [0.1, 0.15) is 5.82 Å². The SMILES string of the molecule is Nc1ccnc(COc2ccc(F)cc2Cl)n1. The Hall–Kier alpha value is -1.88. The molecule has 2 rings (SSSR count). The monoisotopic (exact) mass is 253 g/mol. The minimum atomic E-state index is -0.414. The molecule has 4 nitrogen and oxygen atoms in total. The number of benzene rings is 1.